The standard InChI is InChI=1S/C23H28FNO4/c1-23(28,19-13-15-20(24)16-14-19)18-11-9-17(10-12-18)21(26)7-5-3-2-4-6-8-22(27)25-29/h9-16,28-29H,2-8H2,1H3,(H,25,27). The number of carbonyl (C=O) groups excluding carboxylic acids is 2. The van der Waals surface area contributed by atoms with Crippen molar-refractivity contribution in [2.24, 2.45) is 0 Å². The molecule has 2 rings (SSSR count). The van der Waals surface area contributed by atoms with Crippen molar-refractivity contribution in [3.8, 4) is 0 Å². The molecule has 0 heterocycles. The number of carbonyl (C=O) groups is 2. The molecule has 29 heavy (non-hydrogen) atoms. The van der Waals surface area contributed by atoms with Crippen molar-refractivity contribution in [2.75, 3.05) is 0 Å². The van der Waals surface area contributed by atoms with Crippen LogP contribution in [0.15, 0.2) is 48.5 Å². The summed E-state index contributed by atoms with van der Waals surface area (Å²) in [6.07, 6.45) is 4.98. The third-order valence-corrected chi connectivity index (χ3v) is 5.11. The van der Waals surface area contributed by atoms with Crippen LogP contribution in [0.5, 0.6) is 0 Å². The summed E-state index contributed by atoms with van der Waals surface area (Å²) in [6, 6.07) is 12.6. The zero-order valence-corrected chi connectivity index (χ0v) is 16.7. The van der Waals surface area contributed by atoms with Crippen molar-refractivity contribution in [2.45, 2.75) is 57.5 Å². The third kappa shape index (κ3) is 6.76. The highest BCUT2D eigenvalue weighted by Gasteiger charge is 2.25. The first-order chi connectivity index (χ1) is 13.8. The second-order valence-electron chi connectivity index (χ2n) is 7.38. The molecule has 5 nitrogen and oxygen atoms in total. The van der Waals surface area contributed by atoms with Crippen LogP contribution in [0.25, 0.3) is 0 Å². The van der Waals surface area contributed by atoms with E-state index in [1.54, 1.807) is 48.8 Å². The number of benzene rings is 2. The van der Waals surface area contributed by atoms with Gasteiger partial charge in [-0.1, -0.05) is 55.7 Å². The molecule has 0 bridgehead atoms. The Bertz CT molecular complexity index is 801. The molecule has 3 N–H and O–H groups in total. The lowest BCUT2D eigenvalue weighted by molar-refractivity contribution is -0.129. The van der Waals surface area contributed by atoms with Gasteiger partial charge in [0.25, 0.3) is 0 Å². The Kier molecular flexibility index (Phi) is 8.49. The summed E-state index contributed by atoms with van der Waals surface area (Å²) in [5.41, 5.74) is 2.15. The lowest BCUT2D eigenvalue weighted by Crippen LogP contribution is -2.22. The average Bonchev–Trinajstić information content (AvgIpc) is 2.73. The Labute approximate surface area is 170 Å². The van der Waals surface area contributed by atoms with Crippen LogP contribution in [-0.4, -0.2) is 22.0 Å². The number of Topliss-reactive ketones (excluding diaryl/α,β-unsaturated/α-hetero) is 1. The summed E-state index contributed by atoms with van der Waals surface area (Å²) in [7, 11) is 0. The van der Waals surface area contributed by atoms with Gasteiger partial charge in [-0.05, 0) is 43.0 Å². The van der Waals surface area contributed by atoms with Crippen LogP contribution in [-0.2, 0) is 10.4 Å². The summed E-state index contributed by atoms with van der Waals surface area (Å²) in [5.74, 6) is -0.680. The molecule has 0 spiro atoms. The van der Waals surface area contributed by atoms with Crippen molar-refractivity contribution in [1.82, 2.24) is 5.48 Å². The summed E-state index contributed by atoms with van der Waals surface area (Å²) >= 11 is 0. The lowest BCUT2D eigenvalue weighted by atomic mass is 9.87. The maximum atomic E-state index is 13.1. The maximum absolute atomic E-state index is 13.1. The minimum absolute atomic E-state index is 0.0534. The van der Waals surface area contributed by atoms with Crippen LogP contribution in [0.1, 0.15) is 73.4 Å². The maximum Gasteiger partial charge on any atom is 0.243 e. The second-order valence-corrected chi connectivity index (χ2v) is 7.38. The molecule has 0 aliphatic heterocycles. The smallest absolute Gasteiger partial charge is 0.243 e. The number of aliphatic hydroxyl groups is 1. The Balaban J connectivity index is 1.81. The highest BCUT2D eigenvalue weighted by molar-refractivity contribution is 5.96. The number of halogens is 1. The lowest BCUT2D eigenvalue weighted by Gasteiger charge is -2.24. The summed E-state index contributed by atoms with van der Waals surface area (Å²) in [6.45, 7) is 1.64. The van der Waals surface area contributed by atoms with E-state index in [0.29, 0.717) is 29.5 Å². The average molecular weight is 401 g/mol. The summed E-state index contributed by atoms with van der Waals surface area (Å²) in [4.78, 5) is 23.2. The largest absolute Gasteiger partial charge is 0.381 e. The van der Waals surface area contributed by atoms with Gasteiger partial charge in [0.2, 0.25) is 5.91 Å². The molecule has 0 radical (unpaired) electrons. The molecule has 0 aliphatic rings. The van der Waals surface area contributed by atoms with E-state index in [1.165, 1.54) is 12.1 Å². The fraction of sp³-hybridized carbons (Fsp3) is 0.391. The number of hydroxylamine groups is 1. The highest BCUT2D eigenvalue weighted by Crippen LogP contribution is 2.29. The minimum Gasteiger partial charge on any atom is -0.381 e. The van der Waals surface area contributed by atoms with Crippen molar-refractivity contribution >= 4 is 11.7 Å². The molecule has 0 aliphatic carbocycles. The molecule has 0 saturated heterocycles. The van der Waals surface area contributed by atoms with E-state index in [1.807, 2.05) is 0 Å². The minimum atomic E-state index is -1.28. The van der Waals surface area contributed by atoms with Gasteiger partial charge >= 0.3 is 0 Å². The molecular weight excluding hydrogens is 373 g/mol. The van der Waals surface area contributed by atoms with Gasteiger partial charge in [0.05, 0.1) is 0 Å². The van der Waals surface area contributed by atoms with Gasteiger partial charge in [-0.2, -0.15) is 0 Å². The first-order valence-corrected chi connectivity index (χ1v) is 9.89. The molecule has 0 aromatic heterocycles. The van der Waals surface area contributed by atoms with E-state index in [2.05, 4.69) is 0 Å². The van der Waals surface area contributed by atoms with Crippen LogP contribution in [0, 0.1) is 5.82 Å². The number of hydrogen-bond acceptors (Lipinski definition) is 4. The first-order valence-electron chi connectivity index (χ1n) is 9.89. The molecular formula is C23H28FNO4. The van der Waals surface area contributed by atoms with Crippen molar-refractivity contribution in [3.63, 3.8) is 0 Å². The molecule has 2 aromatic carbocycles. The molecule has 0 fully saturated rings. The van der Waals surface area contributed by atoms with Gasteiger partial charge in [-0.3, -0.25) is 14.8 Å². The Morgan fingerprint density at radius 2 is 1.34 bits per heavy atom. The van der Waals surface area contributed by atoms with Gasteiger partial charge in [0.1, 0.15) is 11.4 Å². The number of unbranched alkanes of at least 4 members (excludes halogenated alkanes) is 4. The van der Waals surface area contributed by atoms with Crippen molar-refractivity contribution in [1.29, 1.82) is 0 Å². The third-order valence-electron chi connectivity index (χ3n) is 5.11. The topological polar surface area (TPSA) is 86.6 Å². The predicted molar refractivity (Wildman–Crippen MR) is 108 cm³/mol. The number of ketones is 1. The molecule has 2 aromatic rings. The van der Waals surface area contributed by atoms with Crippen LogP contribution < -0.4 is 5.48 Å². The fourth-order valence-electron chi connectivity index (χ4n) is 3.22. The van der Waals surface area contributed by atoms with E-state index in [-0.39, 0.29) is 17.5 Å². The van der Waals surface area contributed by atoms with E-state index < -0.39 is 5.60 Å². The van der Waals surface area contributed by atoms with E-state index >= 15 is 0 Å². The number of nitrogens with one attached hydrogen (secondary N) is 1. The van der Waals surface area contributed by atoms with Gasteiger partial charge in [-0.25, -0.2) is 9.87 Å². The van der Waals surface area contributed by atoms with Gasteiger partial charge in [0.15, 0.2) is 5.78 Å². The second kappa shape index (κ2) is 10.8. The molecule has 1 atom stereocenters. The summed E-state index contributed by atoms with van der Waals surface area (Å²) in [5, 5.41) is 19.2. The van der Waals surface area contributed by atoms with Gasteiger partial charge in [0, 0.05) is 18.4 Å². The van der Waals surface area contributed by atoms with Crippen molar-refractivity contribution < 1.29 is 24.3 Å². The summed E-state index contributed by atoms with van der Waals surface area (Å²) < 4.78 is 13.1. The molecule has 6 heteroatoms. The monoisotopic (exact) mass is 401 g/mol. The number of rotatable bonds is 11. The van der Waals surface area contributed by atoms with E-state index in [9.17, 15) is 19.1 Å². The normalized spacial score (nSPS) is 13.0. The molecule has 1 amide bonds. The van der Waals surface area contributed by atoms with E-state index in [0.717, 1.165) is 32.1 Å². The Hall–Kier alpha value is -2.57. The van der Waals surface area contributed by atoms with E-state index in [4.69, 9.17) is 5.21 Å². The molecule has 0 saturated carbocycles. The Morgan fingerprint density at radius 3 is 1.90 bits per heavy atom. The van der Waals surface area contributed by atoms with Crippen LogP contribution >= 0.6 is 0 Å². The zero-order valence-electron chi connectivity index (χ0n) is 16.7. The fourth-order valence-corrected chi connectivity index (χ4v) is 3.22. The SMILES string of the molecule is CC(O)(c1ccc(F)cc1)c1ccc(C(=O)CCCCCCCC(=O)NO)cc1. The van der Waals surface area contributed by atoms with Crippen LogP contribution in [0.3, 0.4) is 0 Å². The number of amides is 1. The molecule has 1 unspecified atom stereocenters. The van der Waals surface area contributed by atoms with Crippen LogP contribution in [0.4, 0.5) is 4.39 Å². The zero-order chi connectivity index (χ0) is 21.3. The van der Waals surface area contributed by atoms with Gasteiger partial charge < -0.3 is 5.11 Å². The van der Waals surface area contributed by atoms with Crippen LogP contribution in [0.2, 0.25) is 0 Å². The quantitative estimate of drug-likeness (QED) is 0.224. The van der Waals surface area contributed by atoms with Gasteiger partial charge in [-0.15, -0.1) is 0 Å². The number of hydrogen-bond donors (Lipinski definition) is 3. The first kappa shape index (κ1) is 22.7. The molecule has 156 valence electrons. The van der Waals surface area contributed by atoms with Crippen molar-refractivity contribution in [3.05, 3.63) is 71.0 Å². The highest BCUT2D eigenvalue weighted by atomic mass is 19.1. The Morgan fingerprint density at radius 1 is 0.862 bits per heavy atom. The predicted octanol–water partition coefficient (Wildman–Crippen LogP) is 4.50.